The standard InChI is InChI=1S/C28H48O2/c1-6-11-13-14-15-19-23-27(10-5,22-12-7-2)28(29-24-8-3,30-25-9-4)26-20-17-16-18-21-26/h12,16-18,20-22H,6-11,13-15,19,23-25H2,1-5H3. The third-order valence-electron chi connectivity index (χ3n) is 6.11. The van der Waals surface area contributed by atoms with Gasteiger partial charge in [0, 0.05) is 11.0 Å². The molecule has 2 nitrogen and oxygen atoms in total. The first-order valence-electron chi connectivity index (χ1n) is 12.7. The Hall–Kier alpha value is -1.12. The fraction of sp³-hybridized carbons (Fsp3) is 0.714. The molecule has 2 heteroatoms. The normalized spacial score (nSPS) is 14.3. The van der Waals surface area contributed by atoms with E-state index >= 15 is 0 Å². The lowest BCUT2D eigenvalue weighted by Gasteiger charge is -2.49. The summed E-state index contributed by atoms with van der Waals surface area (Å²) in [4.78, 5) is 0. The summed E-state index contributed by atoms with van der Waals surface area (Å²) < 4.78 is 13.5. The van der Waals surface area contributed by atoms with Crippen LogP contribution in [0.3, 0.4) is 0 Å². The molecule has 0 bridgehead atoms. The zero-order valence-electron chi connectivity index (χ0n) is 20.6. The average Bonchev–Trinajstić information content (AvgIpc) is 2.79. The molecule has 30 heavy (non-hydrogen) atoms. The third-order valence-corrected chi connectivity index (χ3v) is 6.11. The maximum Gasteiger partial charge on any atom is 0.204 e. The van der Waals surface area contributed by atoms with Gasteiger partial charge in [-0.3, -0.25) is 0 Å². The van der Waals surface area contributed by atoms with Gasteiger partial charge in [-0.15, -0.1) is 0 Å². The van der Waals surface area contributed by atoms with Gasteiger partial charge in [-0.2, -0.15) is 0 Å². The molecule has 0 fully saturated rings. The van der Waals surface area contributed by atoms with Gasteiger partial charge in [0.25, 0.3) is 0 Å². The highest BCUT2D eigenvalue weighted by atomic mass is 16.7. The maximum absolute atomic E-state index is 6.74. The minimum Gasteiger partial charge on any atom is -0.345 e. The molecule has 0 aliphatic heterocycles. The van der Waals surface area contributed by atoms with Crippen molar-refractivity contribution in [2.45, 2.75) is 111 Å². The lowest BCUT2D eigenvalue weighted by atomic mass is 9.69. The van der Waals surface area contributed by atoms with E-state index in [-0.39, 0.29) is 5.41 Å². The highest BCUT2D eigenvalue weighted by Gasteiger charge is 2.52. The molecule has 1 aromatic carbocycles. The van der Waals surface area contributed by atoms with Gasteiger partial charge in [0.05, 0.1) is 13.2 Å². The predicted molar refractivity (Wildman–Crippen MR) is 131 cm³/mol. The Labute approximate surface area is 187 Å². The summed E-state index contributed by atoms with van der Waals surface area (Å²) in [5.74, 6) is -0.732. The number of benzene rings is 1. The summed E-state index contributed by atoms with van der Waals surface area (Å²) in [6, 6.07) is 10.7. The second-order valence-corrected chi connectivity index (χ2v) is 8.52. The van der Waals surface area contributed by atoms with E-state index in [2.05, 4.69) is 77.1 Å². The van der Waals surface area contributed by atoms with Gasteiger partial charge < -0.3 is 9.47 Å². The van der Waals surface area contributed by atoms with Crippen molar-refractivity contribution in [3.05, 3.63) is 48.0 Å². The highest BCUT2D eigenvalue weighted by molar-refractivity contribution is 5.26. The van der Waals surface area contributed by atoms with Crippen molar-refractivity contribution in [2.24, 2.45) is 5.41 Å². The van der Waals surface area contributed by atoms with Crippen molar-refractivity contribution in [2.75, 3.05) is 13.2 Å². The van der Waals surface area contributed by atoms with E-state index < -0.39 is 5.79 Å². The van der Waals surface area contributed by atoms with Crippen molar-refractivity contribution in [3.63, 3.8) is 0 Å². The highest BCUT2D eigenvalue weighted by Crippen LogP contribution is 2.51. The van der Waals surface area contributed by atoms with Gasteiger partial charge in [0.15, 0.2) is 0 Å². The molecule has 172 valence electrons. The third kappa shape index (κ3) is 7.54. The Morgan fingerprint density at radius 3 is 1.87 bits per heavy atom. The Kier molecular flexibility index (Phi) is 14.0. The van der Waals surface area contributed by atoms with Gasteiger partial charge in [0.1, 0.15) is 0 Å². The van der Waals surface area contributed by atoms with Gasteiger partial charge in [0.2, 0.25) is 5.79 Å². The van der Waals surface area contributed by atoms with E-state index in [0.717, 1.165) is 37.7 Å². The van der Waals surface area contributed by atoms with Crippen LogP contribution in [0, 0.1) is 5.41 Å². The summed E-state index contributed by atoms with van der Waals surface area (Å²) >= 11 is 0. The average molecular weight is 417 g/mol. The first-order chi connectivity index (χ1) is 14.7. The van der Waals surface area contributed by atoms with E-state index in [9.17, 15) is 0 Å². The molecule has 0 amide bonds. The number of rotatable bonds is 18. The monoisotopic (exact) mass is 416 g/mol. The molecule has 1 rings (SSSR count). The molecular weight excluding hydrogens is 368 g/mol. The lowest BCUT2D eigenvalue weighted by molar-refractivity contribution is -0.303. The number of hydrogen-bond donors (Lipinski definition) is 0. The van der Waals surface area contributed by atoms with Crippen LogP contribution >= 0.6 is 0 Å². The maximum atomic E-state index is 6.74. The van der Waals surface area contributed by atoms with Crippen molar-refractivity contribution in [3.8, 4) is 0 Å². The first-order valence-corrected chi connectivity index (χ1v) is 12.7. The number of hydrogen-bond acceptors (Lipinski definition) is 2. The second kappa shape index (κ2) is 15.6. The van der Waals surface area contributed by atoms with Crippen LogP contribution < -0.4 is 0 Å². The van der Waals surface area contributed by atoms with Crippen molar-refractivity contribution >= 4 is 0 Å². The molecule has 0 saturated carbocycles. The van der Waals surface area contributed by atoms with Gasteiger partial charge >= 0.3 is 0 Å². The van der Waals surface area contributed by atoms with Crippen LogP contribution in [0.2, 0.25) is 0 Å². The minimum atomic E-state index is -0.732. The molecule has 0 spiro atoms. The molecule has 1 atom stereocenters. The Morgan fingerprint density at radius 2 is 1.33 bits per heavy atom. The zero-order chi connectivity index (χ0) is 22.1. The summed E-state index contributed by atoms with van der Waals surface area (Å²) in [6.45, 7) is 12.6. The molecule has 0 saturated heterocycles. The van der Waals surface area contributed by atoms with E-state index in [1.807, 2.05) is 0 Å². The van der Waals surface area contributed by atoms with Gasteiger partial charge in [-0.05, 0) is 32.1 Å². The summed E-state index contributed by atoms with van der Waals surface area (Å²) in [6.07, 6.45) is 17.7. The van der Waals surface area contributed by atoms with E-state index in [0.29, 0.717) is 13.2 Å². The van der Waals surface area contributed by atoms with Crippen LogP contribution in [0.5, 0.6) is 0 Å². The largest absolute Gasteiger partial charge is 0.345 e. The number of ether oxygens (including phenoxy) is 2. The fourth-order valence-corrected chi connectivity index (χ4v) is 4.38. The van der Waals surface area contributed by atoms with Gasteiger partial charge in [-0.25, -0.2) is 0 Å². The van der Waals surface area contributed by atoms with Crippen LogP contribution in [0.4, 0.5) is 0 Å². The zero-order valence-corrected chi connectivity index (χ0v) is 20.6. The van der Waals surface area contributed by atoms with Crippen molar-refractivity contribution in [1.82, 2.24) is 0 Å². The van der Waals surface area contributed by atoms with Crippen LogP contribution in [0.15, 0.2) is 42.5 Å². The van der Waals surface area contributed by atoms with Crippen LogP contribution in [-0.4, -0.2) is 13.2 Å². The molecule has 0 heterocycles. The SMILES string of the molecule is CCC=CC(CC)(CCCCCCCC)C(OCCC)(OCCC)c1ccccc1. The Morgan fingerprint density at radius 1 is 0.733 bits per heavy atom. The topological polar surface area (TPSA) is 18.5 Å². The molecule has 0 aromatic heterocycles. The van der Waals surface area contributed by atoms with Gasteiger partial charge in [-0.1, -0.05) is 116 Å². The minimum absolute atomic E-state index is 0.167. The van der Waals surface area contributed by atoms with Crippen molar-refractivity contribution < 1.29 is 9.47 Å². The number of allylic oxidation sites excluding steroid dienone is 1. The predicted octanol–water partition coefficient (Wildman–Crippen LogP) is 8.81. The molecule has 0 aliphatic carbocycles. The molecule has 1 unspecified atom stereocenters. The van der Waals surface area contributed by atoms with E-state index in [1.54, 1.807) is 0 Å². The smallest absolute Gasteiger partial charge is 0.204 e. The second-order valence-electron chi connectivity index (χ2n) is 8.52. The van der Waals surface area contributed by atoms with Crippen molar-refractivity contribution in [1.29, 1.82) is 0 Å². The van der Waals surface area contributed by atoms with Crippen LogP contribution in [0.1, 0.15) is 111 Å². The molecule has 1 aromatic rings. The molecule has 0 aliphatic rings. The Bertz CT molecular complexity index is 543. The summed E-state index contributed by atoms with van der Waals surface area (Å²) in [5.41, 5.74) is 0.986. The van der Waals surface area contributed by atoms with E-state index in [4.69, 9.17) is 9.47 Å². The first kappa shape index (κ1) is 26.9. The summed E-state index contributed by atoms with van der Waals surface area (Å²) in [5, 5.41) is 0. The summed E-state index contributed by atoms with van der Waals surface area (Å²) in [7, 11) is 0. The Balaban J connectivity index is 3.35. The fourth-order valence-electron chi connectivity index (χ4n) is 4.38. The quantitative estimate of drug-likeness (QED) is 0.135. The molecule has 0 radical (unpaired) electrons. The van der Waals surface area contributed by atoms with E-state index in [1.165, 1.54) is 38.5 Å². The number of unbranched alkanes of at least 4 members (excludes halogenated alkanes) is 5. The van der Waals surface area contributed by atoms with Crippen LogP contribution in [0.25, 0.3) is 0 Å². The van der Waals surface area contributed by atoms with Crippen LogP contribution in [-0.2, 0) is 15.3 Å². The lowest BCUT2D eigenvalue weighted by Crippen LogP contribution is -2.49. The molecular formula is C28H48O2. The molecule has 0 N–H and O–H groups in total.